The average molecular weight is 375 g/mol. The minimum absolute atomic E-state index is 0.242. The van der Waals surface area contributed by atoms with Gasteiger partial charge in [0.25, 0.3) is 0 Å². The van der Waals surface area contributed by atoms with Crippen molar-refractivity contribution in [2.75, 3.05) is 12.4 Å². The van der Waals surface area contributed by atoms with Gasteiger partial charge in [0.1, 0.15) is 5.82 Å². The van der Waals surface area contributed by atoms with Crippen molar-refractivity contribution in [1.82, 2.24) is 4.57 Å². The molecule has 0 aliphatic carbocycles. The van der Waals surface area contributed by atoms with E-state index in [-0.39, 0.29) is 24.8 Å². The summed E-state index contributed by atoms with van der Waals surface area (Å²) >= 11 is 1.47. The van der Waals surface area contributed by atoms with Crippen molar-refractivity contribution < 1.29 is 18.3 Å². The van der Waals surface area contributed by atoms with Crippen LogP contribution in [0.5, 0.6) is 0 Å². The normalized spacial score (nSPS) is 11.0. The topological polar surface area (TPSA) is 61.4 Å². The van der Waals surface area contributed by atoms with Crippen LogP contribution in [0.15, 0.2) is 62.6 Å². The van der Waals surface area contributed by atoms with Crippen molar-refractivity contribution in [1.29, 1.82) is 0 Å². The first-order valence-electron chi connectivity index (χ1n) is 8.26. The van der Waals surface area contributed by atoms with Gasteiger partial charge in [-0.2, -0.15) is 0 Å². The number of thioether (sulfide) groups is 1. The number of hydrogen-bond acceptors (Lipinski definition) is 5. The third kappa shape index (κ3) is 4.76. The highest BCUT2D eigenvalue weighted by Crippen LogP contribution is 2.19. The maximum atomic E-state index is 12.8. The molecule has 3 aromatic rings. The zero-order valence-corrected chi connectivity index (χ0v) is 14.8. The molecule has 0 spiro atoms. The number of fused-ring (bicyclic) bond motifs is 1. The van der Waals surface area contributed by atoms with Crippen LogP contribution in [-0.2, 0) is 16.1 Å². The zero-order valence-electron chi connectivity index (χ0n) is 14.0. The Morgan fingerprint density at radius 1 is 1.15 bits per heavy atom. The van der Waals surface area contributed by atoms with Gasteiger partial charge in [0.2, 0.25) is 0 Å². The van der Waals surface area contributed by atoms with E-state index in [1.807, 2.05) is 12.1 Å². The van der Waals surface area contributed by atoms with Crippen LogP contribution in [0, 0.1) is 5.82 Å². The van der Waals surface area contributed by atoms with E-state index in [1.54, 1.807) is 24.3 Å². The van der Waals surface area contributed by atoms with E-state index in [2.05, 4.69) is 0 Å². The molecule has 0 N–H and O–H groups in total. The maximum Gasteiger partial charge on any atom is 0.419 e. The predicted octanol–water partition coefficient (Wildman–Crippen LogP) is 3.85. The van der Waals surface area contributed by atoms with Crippen molar-refractivity contribution in [2.24, 2.45) is 0 Å². The fraction of sp³-hybridized carbons (Fsp3) is 0.263. The third-order valence-electron chi connectivity index (χ3n) is 3.75. The smallest absolute Gasteiger partial charge is 0.419 e. The molecule has 0 radical (unpaired) electrons. The molecule has 0 unspecified atom stereocenters. The summed E-state index contributed by atoms with van der Waals surface area (Å²) in [5.74, 6) is -0.411. The molecule has 1 aromatic heterocycles. The Labute approximate surface area is 153 Å². The first-order valence-corrected chi connectivity index (χ1v) is 9.24. The molecule has 0 amide bonds. The van der Waals surface area contributed by atoms with E-state index < -0.39 is 5.76 Å². The zero-order chi connectivity index (χ0) is 18.4. The third-order valence-corrected chi connectivity index (χ3v) is 4.77. The van der Waals surface area contributed by atoms with Gasteiger partial charge >= 0.3 is 11.7 Å². The molecule has 0 aliphatic heterocycles. The number of carbonyl (C=O) groups excluding carboxylic acids is 1. The monoisotopic (exact) mass is 375 g/mol. The van der Waals surface area contributed by atoms with Crippen molar-refractivity contribution in [3.63, 3.8) is 0 Å². The van der Waals surface area contributed by atoms with E-state index in [9.17, 15) is 14.0 Å². The molecule has 0 fully saturated rings. The summed E-state index contributed by atoms with van der Waals surface area (Å²) in [5.41, 5.74) is 1.28. The van der Waals surface area contributed by atoms with Gasteiger partial charge in [-0.1, -0.05) is 12.1 Å². The quantitative estimate of drug-likeness (QED) is 0.340. The SMILES string of the molecule is O=C(CCSc1ccc(F)cc1)OCCCn1c(=O)oc2ccccc21. The lowest BCUT2D eigenvalue weighted by atomic mass is 10.3. The van der Waals surface area contributed by atoms with Crippen LogP contribution in [0.4, 0.5) is 4.39 Å². The Morgan fingerprint density at radius 3 is 2.73 bits per heavy atom. The van der Waals surface area contributed by atoms with Gasteiger partial charge in [0.05, 0.1) is 18.5 Å². The Morgan fingerprint density at radius 2 is 1.92 bits per heavy atom. The summed E-state index contributed by atoms with van der Waals surface area (Å²) in [6.07, 6.45) is 0.802. The summed E-state index contributed by atoms with van der Waals surface area (Å²) in [5, 5.41) is 0. The van der Waals surface area contributed by atoms with E-state index in [0.717, 1.165) is 10.4 Å². The Bertz CT molecular complexity index is 933. The fourth-order valence-electron chi connectivity index (χ4n) is 2.49. The number of ether oxygens (including phenoxy) is 1. The number of para-hydroxylation sites is 2. The summed E-state index contributed by atoms with van der Waals surface area (Å²) in [6.45, 7) is 0.666. The van der Waals surface area contributed by atoms with Crippen LogP contribution in [-0.4, -0.2) is 22.9 Å². The first-order chi connectivity index (χ1) is 12.6. The van der Waals surface area contributed by atoms with Crippen LogP contribution < -0.4 is 5.76 Å². The molecular weight excluding hydrogens is 357 g/mol. The molecule has 3 rings (SSSR count). The van der Waals surface area contributed by atoms with Gasteiger partial charge in [-0.25, -0.2) is 9.18 Å². The molecule has 136 valence electrons. The lowest BCUT2D eigenvalue weighted by molar-refractivity contribution is -0.143. The molecule has 7 heteroatoms. The Hall–Kier alpha value is -2.54. The average Bonchev–Trinajstić information content (AvgIpc) is 2.96. The van der Waals surface area contributed by atoms with E-state index >= 15 is 0 Å². The Balaban J connectivity index is 1.38. The molecule has 2 aromatic carbocycles. The molecule has 0 bridgehead atoms. The number of hydrogen-bond donors (Lipinski definition) is 0. The van der Waals surface area contributed by atoms with Gasteiger partial charge in [-0.15, -0.1) is 11.8 Å². The molecule has 0 aliphatic rings. The van der Waals surface area contributed by atoms with Crippen molar-refractivity contribution >= 4 is 28.8 Å². The number of oxazole rings is 1. The predicted molar refractivity (Wildman–Crippen MR) is 97.8 cm³/mol. The van der Waals surface area contributed by atoms with E-state index in [0.29, 0.717) is 24.3 Å². The van der Waals surface area contributed by atoms with Crippen molar-refractivity contribution in [3.8, 4) is 0 Å². The number of benzene rings is 2. The number of aromatic nitrogens is 1. The van der Waals surface area contributed by atoms with Gasteiger partial charge < -0.3 is 9.15 Å². The van der Waals surface area contributed by atoms with Crippen molar-refractivity contribution in [2.45, 2.75) is 24.3 Å². The van der Waals surface area contributed by atoms with Gasteiger partial charge in [-0.05, 0) is 42.8 Å². The molecule has 5 nitrogen and oxygen atoms in total. The van der Waals surface area contributed by atoms with Crippen LogP contribution in [0.1, 0.15) is 12.8 Å². The molecular formula is C19H18FNO4S. The Kier molecular flexibility index (Phi) is 6.12. The first kappa shape index (κ1) is 18.3. The highest BCUT2D eigenvalue weighted by atomic mass is 32.2. The van der Waals surface area contributed by atoms with Crippen LogP contribution in [0.25, 0.3) is 11.1 Å². The summed E-state index contributed by atoms with van der Waals surface area (Å²) in [4.78, 5) is 24.5. The fourth-order valence-corrected chi connectivity index (χ4v) is 3.32. The number of carbonyl (C=O) groups is 1. The summed E-state index contributed by atoms with van der Waals surface area (Å²) < 4.78 is 24.7. The van der Waals surface area contributed by atoms with Gasteiger partial charge in [0.15, 0.2) is 5.58 Å². The van der Waals surface area contributed by atoms with Crippen LogP contribution >= 0.6 is 11.8 Å². The highest BCUT2D eigenvalue weighted by Gasteiger charge is 2.09. The van der Waals surface area contributed by atoms with Crippen LogP contribution in [0.3, 0.4) is 0 Å². The lowest BCUT2D eigenvalue weighted by Gasteiger charge is -2.05. The maximum absolute atomic E-state index is 12.8. The minimum atomic E-state index is -0.409. The second-order valence-corrected chi connectivity index (χ2v) is 6.78. The van der Waals surface area contributed by atoms with E-state index in [4.69, 9.17) is 9.15 Å². The summed E-state index contributed by atoms with van der Waals surface area (Å²) in [6, 6.07) is 13.3. The molecule has 0 saturated heterocycles. The van der Waals surface area contributed by atoms with Gasteiger partial charge in [0, 0.05) is 17.2 Å². The largest absolute Gasteiger partial charge is 0.466 e. The number of esters is 1. The second-order valence-electron chi connectivity index (χ2n) is 5.61. The molecule has 0 atom stereocenters. The second kappa shape index (κ2) is 8.71. The van der Waals surface area contributed by atoms with Crippen LogP contribution in [0.2, 0.25) is 0 Å². The minimum Gasteiger partial charge on any atom is -0.466 e. The standard InChI is InChI=1S/C19H18FNO4S/c20-14-6-8-15(9-7-14)26-13-10-18(22)24-12-3-11-21-16-4-1-2-5-17(16)25-19(21)23/h1-2,4-9H,3,10-13H2. The molecule has 26 heavy (non-hydrogen) atoms. The summed E-state index contributed by atoms with van der Waals surface area (Å²) in [7, 11) is 0. The van der Waals surface area contributed by atoms with Gasteiger partial charge in [-0.3, -0.25) is 9.36 Å². The molecule has 1 heterocycles. The van der Waals surface area contributed by atoms with Crippen molar-refractivity contribution in [3.05, 3.63) is 64.9 Å². The van der Waals surface area contributed by atoms with E-state index in [1.165, 1.54) is 28.5 Å². The number of rotatable bonds is 8. The lowest BCUT2D eigenvalue weighted by Crippen LogP contribution is -2.16. The number of nitrogens with zero attached hydrogens (tertiary/aromatic N) is 1. The number of aryl methyl sites for hydroxylation is 1. The highest BCUT2D eigenvalue weighted by molar-refractivity contribution is 7.99. The number of halogens is 1. The molecule has 0 saturated carbocycles.